The Morgan fingerprint density at radius 2 is 0.788 bits per heavy atom. The summed E-state index contributed by atoms with van der Waals surface area (Å²) in [6.07, 6.45) is 0. The first-order valence-electron chi connectivity index (χ1n) is 19.9. The van der Waals surface area contributed by atoms with Crippen LogP contribution in [0.1, 0.15) is 27.8 Å². The number of aryl methyl sites for hydroxylation is 4. The highest BCUT2D eigenvalue weighted by Crippen LogP contribution is 2.26. The minimum absolute atomic E-state index is 0.457. The first-order chi connectivity index (χ1) is 31.1. The molecule has 0 aliphatic heterocycles. The van der Waals surface area contributed by atoms with Crippen LogP contribution in [-0.2, 0) is 0 Å². The van der Waals surface area contributed by atoms with Crippen LogP contribution in [0.2, 0.25) is 0 Å². The Kier molecular flexibility index (Phi) is 23.0. The molecule has 0 atom stereocenters. The van der Waals surface area contributed by atoms with Gasteiger partial charge in [-0.25, -0.2) is 0 Å². The van der Waals surface area contributed by atoms with Crippen molar-refractivity contribution >= 4 is 79.6 Å². The number of nitrogens with zero attached hydrogens (tertiary/aromatic N) is 1. The van der Waals surface area contributed by atoms with E-state index in [1.54, 1.807) is 87.0 Å². The van der Waals surface area contributed by atoms with Crippen molar-refractivity contribution in [3.05, 3.63) is 155 Å². The molecule has 17 nitrogen and oxygen atoms in total. The molecule has 0 radical (unpaired) electrons. The van der Waals surface area contributed by atoms with Crippen molar-refractivity contribution < 1.29 is 9.47 Å². The van der Waals surface area contributed by atoms with E-state index in [0.717, 1.165) is 28.0 Å². The largest absolute Gasteiger partial charge is 0.497 e. The monoisotopic (exact) mass is 898 g/mol. The molecule has 0 heterocycles. The van der Waals surface area contributed by atoms with Gasteiger partial charge in [-0.15, -0.1) is 0 Å². The quantitative estimate of drug-likeness (QED) is 0.0770. The van der Waals surface area contributed by atoms with Crippen LogP contribution in [0.5, 0.6) is 11.5 Å². The van der Waals surface area contributed by atoms with Crippen molar-refractivity contribution in [1.29, 1.82) is 5.26 Å². The maximum absolute atomic E-state index is 8.41. The van der Waals surface area contributed by atoms with Crippen LogP contribution in [-0.4, -0.2) is 14.2 Å². The summed E-state index contributed by atoms with van der Waals surface area (Å²) in [5.74, 6) is 1.35. The number of nitrogens with two attached hydrogens (primary N) is 14. The SMILES string of the molecule is COc1ccc(N)c(N)c1.COc1cccc(N)c1N.Cc1cc(C)c(N)c(N)c1.Cc1ccc(N)c(N)c1.Cc1cccc(N)c1N.N#Cc1ccc(N)c(N)c1.Nc1ccccc1N. The second kappa shape index (κ2) is 27.7. The van der Waals surface area contributed by atoms with Gasteiger partial charge < -0.3 is 89.7 Å². The Morgan fingerprint density at radius 1 is 0.348 bits per heavy atom. The molecule has 7 rings (SSSR count). The number of ether oxygens (including phenoxy) is 2. The summed E-state index contributed by atoms with van der Waals surface area (Å²) in [5, 5.41) is 8.41. The molecule has 0 aliphatic rings. The van der Waals surface area contributed by atoms with Gasteiger partial charge >= 0.3 is 0 Å². The molecule has 0 fully saturated rings. The molecule has 66 heavy (non-hydrogen) atoms. The molecule has 0 aliphatic carbocycles. The Bertz CT molecular complexity index is 2580. The Morgan fingerprint density at radius 3 is 1.20 bits per heavy atom. The lowest BCUT2D eigenvalue weighted by molar-refractivity contribution is 0.415. The number of hydrogen-bond donors (Lipinski definition) is 14. The fourth-order valence-corrected chi connectivity index (χ4v) is 4.98. The molecule has 7 aromatic carbocycles. The van der Waals surface area contributed by atoms with E-state index in [1.807, 2.05) is 88.4 Å². The van der Waals surface area contributed by atoms with Crippen molar-refractivity contribution in [3.63, 3.8) is 0 Å². The molecule has 17 heteroatoms. The van der Waals surface area contributed by atoms with E-state index in [4.69, 9.17) is 95.0 Å². The average molecular weight is 898 g/mol. The zero-order chi connectivity index (χ0) is 50.1. The van der Waals surface area contributed by atoms with Crippen molar-refractivity contribution in [2.75, 3.05) is 94.5 Å². The molecular formula is C49H67N15O2. The number of methoxy groups -OCH3 is 2. The lowest BCUT2D eigenvalue weighted by Gasteiger charge is -2.04. The summed E-state index contributed by atoms with van der Waals surface area (Å²) in [6.45, 7) is 7.88. The molecule has 0 spiro atoms. The van der Waals surface area contributed by atoms with Crippen molar-refractivity contribution in [3.8, 4) is 17.6 Å². The zero-order valence-electron chi connectivity index (χ0n) is 38.5. The smallest absolute Gasteiger partial charge is 0.143 e. The lowest BCUT2D eigenvalue weighted by Crippen LogP contribution is -1.97. The highest BCUT2D eigenvalue weighted by Gasteiger charge is 2.00. The van der Waals surface area contributed by atoms with E-state index in [1.165, 1.54) is 0 Å². The lowest BCUT2D eigenvalue weighted by atomic mass is 10.1. The number of hydrogen-bond acceptors (Lipinski definition) is 17. The van der Waals surface area contributed by atoms with Crippen LogP contribution in [0, 0.1) is 39.0 Å². The summed E-state index contributed by atoms with van der Waals surface area (Å²) in [6, 6.07) is 39.6. The fourth-order valence-electron chi connectivity index (χ4n) is 4.98. The van der Waals surface area contributed by atoms with Gasteiger partial charge in [-0.1, -0.05) is 42.5 Å². The van der Waals surface area contributed by atoms with Gasteiger partial charge in [0.25, 0.3) is 0 Å². The van der Waals surface area contributed by atoms with E-state index in [9.17, 15) is 0 Å². The molecule has 7 aromatic rings. The number of nitrogen functional groups attached to an aromatic ring is 14. The molecule has 0 aromatic heterocycles. The van der Waals surface area contributed by atoms with Gasteiger partial charge in [0, 0.05) is 6.07 Å². The maximum Gasteiger partial charge on any atom is 0.143 e. The molecule has 0 saturated carbocycles. The molecular weight excluding hydrogens is 831 g/mol. The second-order valence-corrected chi connectivity index (χ2v) is 14.3. The number of benzene rings is 7. The molecule has 0 bridgehead atoms. The van der Waals surface area contributed by atoms with Gasteiger partial charge in [-0.2, -0.15) is 5.26 Å². The van der Waals surface area contributed by atoms with Crippen molar-refractivity contribution in [2.45, 2.75) is 27.7 Å². The molecule has 350 valence electrons. The van der Waals surface area contributed by atoms with E-state index in [2.05, 4.69) is 0 Å². The second-order valence-electron chi connectivity index (χ2n) is 14.3. The average Bonchev–Trinajstić information content (AvgIpc) is 3.28. The Balaban J connectivity index is 0.000000385. The van der Waals surface area contributed by atoms with Crippen LogP contribution in [0.25, 0.3) is 0 Å². The van der Waals surface area contributed by atoms with Crippen molar-refractivity contribution in [2.24, 2.45) is 0 Å². The number of anilines is 14. The summed E-state index contributed by atoms with van der Waals surface area (Å²) in [7, 11) is 3.15. The molecule has 28 N–H and O–H groups in total. The molecule has 0 saturated heterocycles. The van der Waals surface area contributed by atoms with Crippen LogP contribution < -0.4 is 89.7 Å². The van der Waals surface area contributed by atoms with Crippen LogP contribution in [0.3, 0.4) is 0 Å². The Hall–Kier alpha value is -9.17. The topological polar surface area (TPSA) is 407 Å². The normalized spacial score (nSPS) is 9.29. The van der Waals surface area contributed by atoms with Crippen LogP contribution >= 0.6 is 0 Å². The summed E-state index contributed by atoms with van der Waals surface area (Å²) >= 11 is 0. The van der Waals surface area contributed by atoms with Crippen molar-refractivity contribution in [1.82, 2.24) is 0 Å². The standard InChI is InChI=1S/C8H12N2.C7H7N3.2C7H10N2O.2C7H10N2.C6H8N2/c1-5-3-6(2)8(10)7(9)4-5;8-4-5-1-2-6(9)7(10)3-5;1-10-5-2-3-6(8)7(9)4-5;1-10-6-4-2-3-5(8)7(6)9;1-5-2-3-6(8)7(9)4-5;1-5-3-2-4-6(8)7(5)9;7-5-3-1-2-4-6(5)8/h3-4H,9-10H2,1-2H3;1-3H,9-10H2;2*2-4H,8-9H2,1H3;2*2-4H,8-9H2,1H3;1-4H,7-8H2. The van der Waals surface area contributed by atoms with E-state index in [-0.39, 0.29) is 0 Å². The summed E-state index contributed by atoms with van der Waals surface area (Å²) < 4.78 is 9.84. The third kappa shape index (κ3) is 19.3. The predicted octanol–water partition coefficient (Wildman–Crippen LogP) is 7.08. The third-order valence-corrected chi connectivity index (χ3v) is 8.99. The van der Waals surface area contributed by atoms with Gasteiger partial charge in [-0.3, -0.25) is 0 Å². The highest BCUT2D eigenvalue weighted by molar-refractivity contribution is 5.71. The molecule has 0 amide bonds. The van der Waals surface area contributed by atoms with Crippen LogP contribution in [0.15, 0.2) is 127 Å². The number of nitriles is 1. The van der Waals surface area contributed by atoms with Gasteiger partial charge in [0.2, 0.25) is 0 Å². The van der Waals surface area contributed by atoms with Gasteiger partial charge in [-0.05, 0) is 129 Å². The number of para-hydroxylation sites is 4. The molecule has 0 unspecified atom stereocenters. The Labute approximate surface area is 388 Å². The predicted molar refractivity (Wildman–Crippen MR) is 284 cm³/mol. The highest BCUT2D eigenvalue weighted by atomic mass is 16.5. The van der Waals surface area contributed by atoms with Crippen LogP contribution in [0.4, 0.5) is 79.6 Å². The number of rotatable bonds is 2. The van der Waals surface area contributed by atoms with Gasteiger partial charge in [0.15, 0.2) is 0 Å². The third-order valence-electron chi connectivity index (χ3n) is 8.99. The zero-order valence-corrected chi connectivity index (χ0v) is 38.5. The summed E-state index contributed by atoms with van der Waals surface area (Å²) in [5.41, 5.74) is 90.3. The fraction of sp³-hybridized carbons (Fsp3) is 0.122. The summed E-state index contributed by atoms with van der Waals surface area (Å²) in [4.78, 5) is 0. The van der Waals surface area contributed by atoms with Gasteiger partial charge in [0.1, 0.15) is 11.5 Å². The first-order valence-corrected chi connectivity index (χ1v) is 19.9. The van der Waals surface area contributed by atoms with E-state index >= 15 is 0 Å². The minimum Gasteiger partial charge on any atom is -0.497 e. The first kappa shape index (κ1) is 54.8. The van der Waals surface area contributed by atoms with Gasteiger partial charge in [0.05, 0.1) is 105 Å². The van der Waals surface area contributed by atoms with E-state index < -0.39 is 0 Å². The minimum atomic E-state index is 0.457. The maximum atomic E-state index is 8.41. The van der Waals surface area contributed by atoms with E-state index in [0.29, 0.717) is 90.9 Å².